The molecule has 160 valence electrons. The Morgan fingerprint density at radius 1 is 0.643 bits per heavy atom. The van der Waals surface area contributed by atoms with E-state index in [2.05, 4.69) is 41.5 Å². The van der Waals surface area contributed by atoms with Gasteiger partial charge in [0.05, 0.1) is 0 Å². The molecular formula is C27H47N. The zero-order valence-electron chi connectivity index (χ0n) is 19.7. The van der Waals surface area contributed by atoms with Gasteiger partial charge in [0.15, 0.2) is 0 Å². The van der Waals surface area contributed by atoms with Crippen LogP contribution in [0.1, 0.15) is 112 Å². The highest BCUT2D eigenvalue weighted by molar-refractivity contribution is 5.19. The fraction of sp³-hybridized carbons (Fsp3) is 1.00. The first kappa shape index (κ1) is 19.9. The smallest absolute Gasteiger partial charge is 0.0185 e. The van der Waals surface area contributed by atoms with E-state index in [4.69, 9.17) is 5.73 Å². The van der Waals surface area contributed by atoms with Gasteiger partial charge in [-0.3, -0.25) is 0 Å². The number of rotatable bonds is 0. The van der Waals surface area contributed by atoms with E-state index < -0.39 is 0 Å². The fourth-order valence-corrected chi connectivity index (χ4v) is 10.8. The van der Waals surface area contributed by atoms with Crippen LogP contribution >= 0.6 is 0 Å². The molecule has 28 heavy (non-hydrogen) atoms. The van der Waals surface area contributed by atoms with Crippen LogP contribution in [0.5, 0.6) is 0 Å². The minimum Gasteiger partial charge on any atom is -0.325 e. The molecule has 5 saturated carbocycles. The minimum absolute atomic E-state index is 0.191. The van der Waals surface area contributed by atoms with E-state index in [9.17, 15) is 0 Å². The van der Waals surface area contributed by atoms with Gasteiger partial charge in [0, 0.05) is 5.54 Å². The van der Waals surface area contributed by atoms with E-state index in [-0.39, 0.29) is 5.54 Å². The summed E-state index contributed by atoms with van der Waals surface area (Å²) < 4.78 is 0. The lowest BCUT2D eigenvalue weighted by Gasteiger charge is -2.72. The number of hydrogen-bond donors (Lipinski definition) is 1. The molecule has 8 unspecified atom stereocenters. The molecule has 0 aromatic rings. The average Bonchev–Trinajstić information content (AvgIpc) is 3.01. The second-order valence-electron chi connectivity index (χ2n) is 13.7. The van der Waals surface area contributed by atoms with Crippen molar-refractivity contribution in [2.45, 2.75) is 118 Å². The molecule has 1 nitrogen and oxygen atoms in total. The summed E-state index contributed by atoms with van der Waals surface area (Å²) in [5.41, 5.74) is 9.34. The molecule has 0 aromatic carbocycles. The predicted molar refractivity (Wildman–Crippen MR) is 119 cm³/mol. The molecule has 0 saturated heterocycles. The maximum absolute atomic E-state index is 7.02. The highest BCUT2D eigenvalue weighted by Crippen LogP contribution is 2.76. The maximum atomic E-state index is 7.02. The Hall–Kier alpha value is -0.0400. The molecule has 0 radical (unpaired) electrons. The molecule has 0 aromatic heterocycles. The average molecular weight is 386 g/mol. The summed E-state index contributed by atoms with van der Waals surface area (Å²) >= 11 is 0. The first-order chi connectivity index (χ1) is 13.0. The molecule has 5 rings (SSSR count). The zero-order valence-corrected chi connectivity index (χ0v) is 19.7. The van der Waals surface area contributed by atoms with Gasteiger partial charge in [-0.25, -0.2) is 0 Å². The number of hydrogen-bond acceptors (Lipinski definition) is 1. The van der Waals surface area contributed by atoms with Crippen LogP contribution in [0.2, 0.25) is 0 Å². The van der Waals surface area contributed by atoms with E-state index in [0.717, 1.165) is 29.6 Å². The number of nitrogens with two attached hydrogens (primary N) is 1. The Balaban J connectivity index is 1.53. The van der Waals surface area contributed by atoms with Crippen LogP contribution in [-0.4, -0.2) is 5.54 Å². The lowest BCUT2D eigenvalue weighted by molar-refractivity contribution is -0.233. The largest absolute Gasteiger partial charge is 0.325 e. The van der Waals surface area contributed by atoms with Crippen molar-refractivity contribution in [1.29, 1.82) is 0 Å². The lowest BCUT2D eigenvalue weighted by atomic mass is 9.32. The second kappa shape index (κ2) is 5.80. The zero-order chi connectivity index (χ0) is 20.2. The van der Waals surface area contributed by atoms with Gasteiger partial charge in [-0.05, 0) is 115 Å². The normalized spacial score (nSPS) is 60.3. The minimum atomic E-state index is 0.191. The van der Waals surface area contributed by atoms with Crippen LogP contribution in [0.15, 0.2) is 0 Å². The molecule has 0 bridgehead atoms. The first-order valence-corrected chi connectivity index (χ1v) is 12.8. The molecular weight excluding hydrogens is 338 g/mol. The van der Waals surface area contributed by atoms with E-state index >= 15 is 0 Å². The quantitative estimate of drug-likeness (QED) is 0.469. The molecule has 1 heteroatoms. The van der Waals surface area contributed by atoms with Crippen LogP contribution in [0.4, 0.5) is 0 Å². The summed E-state index contributed by atoms with van der Waals surface area (Å²) in [7, 11) is 0. The van der Waals surface area contributed by atoms with Gasteiger partial charge < -0.3 is 5.73 Å². The van der Waals surface area contributed by atoms with Crippen molar-refractivity contribution in [3.05, 3.63) is 0 Å². The molecule has 9 atom stereocenters. The van der Waals surface area contributed by atoms with Crippen LogP contribution in [-0.2, 0) is 0 Å². The van der Waals surface area contributed by atoms with E-state index in [1.165, 1.54) is 70.6 Å². The fourth-order valence-electron chi connectivity index (χ4n) is 10.8. The SMILES string of the molecule is CC1CCC2(C)C(CCC3(C)C2CCC2C4CCCC4(N)CC[C@]23C)C1(C)C. The van der Waals surface area contributed by atoms with Crippen molar-refractivity contribution in [3.63, 3.8) is 0 Å². The third-order valence-corrected chi connectivity index (χ3v) is 13.0. The van der Waals surface area contributed by atoms with Gasteiger partial charge in [0.1, 0.15) is 0 Å². The van der Waals surface area contributed by atoms with E-state index in [0.29, 0.717) is 21.7 Å². The predicted octanol–water partition coefficient (Wildman–Crippen LogP) is 7.19. The highest BCUT2D eigenvalue weighted by Gasteiger charge is 2.69. The molecule has 0 spiro atoms. The summed E-state index contributed by atoms with van der Waals surface area (Å²) in [6.45, 7) is 16.0. The van der Waals surface area contributed by atoms with Crippen molar-refractivity contribution < 1.29 is 0 Å². The summed E-state index contributed by atoms with van der Waals surface area (Å²) in [6, 6.07) is 0. The van der Waals surface area contributed by atoms with E-state index in [1.807, 2.05) is 0 Å². The first-order valence-electron chi connectivity index (χ1n) is 12.8. The Morgan fingerprint density at radius 2 is 1.39 bits per heavy atom. The molecule has 0 aliphatic heterocycles. The van der Waals surface area contributed by atoms with Crippen molar-refractivity contribution in [2.24, 2.45) is 57.0 Å². The summed E-state index contributed by atoms with van der Waals surface area (Å²) in [6.07, 6.45) is 15.6. The van der Waals surface area contributed by atoms with Gasteiger partial charge in [-0.2, -0.15) is 0 Å². The van der Waals surface area contributed by atoms with Crippen LogP contribution < -0.4 is 5.73 Å². The number of fused-ring (bicyclic) bond motifs is 7. The summed E-state index contributed by atoms with van der Waals surface area (Å²) in [5.74, 6) is 4.44. The van der Waals surface area contributed by atoms with Gasteiger partial charge in [0.2, 0.25) is 0 Å². The molecule has 0 amide bonds. The second-order valence-corrected chi connectivity index (χ2v) is 13.7. The lowest BCUT2D eigenvalue weighted by Crippen LogP contribution is -2.67. The van der Waals surface area contributed by atoms with Gasteiger partial charge in [0.25, 0.3) is 0 Å². The molecule has 5 fully saturated rings. The topological polar surface area (TPSA) is 26.0 Å². The molecule has 0 heterocycles. The standard InChI is InChI=1S/C27H47N/c1-18-11-14-24(4)21(23(18,2)3)12-15-26(6)22(24)10-9-19-20-8-7-13-27(20,28)17-16-25(19,26)5/h18-22H,7-17,28H2,1-6H3/t18?,19?,20?,21?,22?,24?,25-,26?,27?/m1/s1. The van der Waals surface area contributed by atoms with Crippen molar-refractivity contribution in [2.75, 3.05) is 0 Å². The summed E-state index contributed by atoms with van der Waals surface area (Å²) in [5, 5.41) is 0. The van der Waals surface area contributed by atoms with Gasteiger partial charge in [-0.15, -0.1) is 0 Å². The van der Waals surface area contributed by atoms with Gasteiger partial charge >= 0.3 is 0 Å². The Morgan fingerprint density at radius 3 is 2.14 bits per heavy atom. The Labute approximate surface area is 175 Å². The maximum Gasteiger partial charge on any atom is 0.0185 e. The molecule has 5 aliphatic carbocycles. The highest BCUT2D eigenvalue weighted by atomic mass is 14.8. The van der Waals surface area contributed by atoms with Gasteiger partial charge in [-0.1, -0.05) is 48.0 Å². The van der Waals surface area contributed by atoms with Crippen LogP contribution in [0.3, 0.4) is 0 Å². The Kier molecular flexibility index (Phi) is 4.12. The van der Waals surface area contributed by atoms with E-state index in [1.54, 1.807) is 0 Å². The molecule has 5 aliphatic rings. The van der Waals surface area contributed by atoms with Crippen molar-refractivity contribution in [1.82, 2.24) is 0 Å². The third-order valence-electron chi connectivity index (χ3n) is 13.0. The Bertz CT molecular complexity index is 653. The third kappa shape index (κ3) is 2.19. The monoisotopic (exact) mass is 385 g/mol. The van der Waals surface area contributed by atoms with Crippen molar-refractivity contribution in [3.8, 4) is 0 Å². The summed E-state index contributed by atoms with van der Waals surface area (Å²) in [4.78, 5) is 0. The van der Waals surface area contributed by atoms with Crippen LogP contribution in [0, 0.1) is 51.2 Å². The van der Waals surface area contributed by atoms with Crippen molar-refractivity contribution >= 4 is 0 Å². The van der Waals surface area contributed by atoms with Crippen LogP contribution in [0.25, 0.3) is 0 Å². The molecule has 2 N–H and O–H groups in total.